The number of hydrogen-bond acceptors (Lipinski definition) is 5. The Bertz CT molecular complexity index is 938. The molecule has 0 aliphatic heterocycles. The molecule has 0 saturated carbocycles. The van der Waals surface area contributed by atoms with E-state index in [-0.39, 0.29) is 18.3 Å². The van der Waals surface area contributed by atoms with Crippen LogP contribution in [-0.4, -0.2) is 23.3 Å². The second-order valence-electron chi connectivity index (χ2n) is 5.47. The van der Waals surface area contributed by atoms with Crippen molar-refractivity contribution in [1.82, 2.24) is 4.98 Å². The van der Waals surface area contributed by atoms with Crippen molar-refractivity contribution in [2.45, 2.75) is 6.92 Å². The molecule has 1 heterocycles. The molecule has 3 rings (SSSR count). The highest BCUT2D eigenvalue weighted by Gasteiger charge is 2.09. The zero-order valence-corrected chi connectivity index (χ0v) is 15.4. The van der Waals surface area contributed by atoms with Crippen molar-refractivity contribution in [2.24, 2.45) is 0 Å². The summed E-state index contributed by atoms with van der Waals surface area (Å²) in [6.45, 7) is 1.31. The van der Waals surface area contributed by atoms with Crippen LogP contribution in [0.15, 0.2) is 53.9 Å². The van der Waals surface area contributed by atoms with Gasteiger partial charge in [-0.3, -0.25) is 14.9 Å². The summed E-state index contributed by atoms with van der Waals surface area (Å²) in [5, 5.41) is 5.70. The van der Waals surface area contributed by atoms with Gasteiger partial charge in [0.05, 0.1) is 5.69 Å². The number of amides is 1. The first-order chi connectivity index (χ1) is 12.5. The van der Waals surface area contributed by atoms with Gasteiger partial charge in [0.2, 0.25) is 0 Å². The summed E-state index contributed by atoms with van der Waals surface area (Å²) in [5.74, 6) is 0.0847. The van der Waals surface area contributed by atoms with Gasteiger partial charge >= 0.3 is 0 Å². The molecule has 26 heavy (non-hydrogen) atoms. The van der Waals surface area contributed by atoms with E-state index in [4.69, 9.17) is 16.3 Å². The normalized spacial score (nSPS) is 10.4. The van der Waals surface area contributed by atoms with Gasteiger partial charge < -0.3 is 4.74 Å². The second-order valence-corrected chi connectivity index (χ2v) is 6.76. The van der Waals surface area contributed by atoms with E-state index in [2.05, 4.69) is 10.3 Å². The highest BCUT2D eigenvalue weighted by Crippen LogP contribution is 2.26. The minimum Gasteiger partial charge on any atom is -0.484 e. The van der Waals surface area contributed by atoms with Gasteiger partial charge in [0.25, 0.3) is 5.91 Å². The molecule has 0 aliphatic carbocycles. The fourth-order valence-electron chi connectivity index (χ4n) is 2.19. The summed E-state index contributed by atoms with van der Waals surface area (Å²) in [7, 11) is 0. The number of rotatable bonds is 6. The molecule has 132 valence electrons. The Morgan fingerprint density at radius 2 is 1.96 bits per heavy atom. The monoisotopic (exact) mass is 386 g/mol. The Morgan fingerprint density at radius 3 is 2.69 bits per heavy atom. The van der Waals surface area contributed by atoms with Gasteiger partial charge in [-0.2, -0.15) is 0 Å². The SMILES string of the molecule is CC(=O)c1cccc(OCC(=O)Nc2nc(-c3ccc(Cl)cc3)cs2)c1. The summed E-state index contributed by atoms with van der Waals surface area (Å²) in [4.78, 5) is 27.8. The van der Waals surface area contributed by atoms with Gasteiger partial charge in [0.1, 0.15) is 5.75 Å². The van der Waals surface area contributed by atoms with Gasteiger partial charge in [0, 0.05) is 21.5 Å². The molecule has 5 nitrogen and oxygen atoms in total. The molecule has 0 unspecified atom stereocenters. The second kappa shape index (κ2) is 8.12. The van der Waals surface area contributed by atoms with Crippen LogP contribution in [0.4, 0.5) is 5.13 Å². The number of anilines is 1. The average Bonchev–Trinajstić information content (AvgIpc) is 3.09. The lowest BCUT2D eigenvalue weighted by Crippen LogP contribution is -2.20. The van der Waals surface area contributed by atoms with Gasteiger partial charge in [-0.05, 0) is 31.2 Å². The molecule has 1 aromatic heterocycles. The van der Waals surface area contributed by atoms with Gasteiger partial charge in [0.15, 0.2) is 17.5 Å². The first-order valence-corrected chi connectivity index (χ1v) is 9.02. The Hall–Kier alpha value is -2.70. The average molecular weight is 387 g/mol. The van der Waals surface area contributed by atoms with Crippen LogP contribution in [0.2, 0.25) is 5.02 Å². The molecule has 0 spiro atoms. The predicted octanol–water partition coefficient (Wildman–Crippen LogP) is 4.68. The number of nitrogens with one attached hydrogen (secondary N) is 1. The van der Waals surface area contributed by atoms with E-state index in [9.17, 15) is 9.59 Å². The fourth-order valence-corrected chi connectivity index (χ4v) is 3.06. The lowest BCUT2D eigenvalue weighted by Gasteiger charge is -2.06. The number of hydrogen-bond donors (Lipinski definition) is 1. The number of aromatic nitrogens is 1. The van der Waals surface area contributed by atoms with Crippen LogP contribution in [0.1, 0.15) is 17.3 Å². The van der Waals surface area contributed by atoms with Gasteiger partial charge in [-0.25, -0.2) is 4.98 Å². The summed E-state index contributed by atoms with van der Waals surface area (Å²) >= 11 is 7.21. The van der Waals surface area contributed by atoms with Crippen molar-refractivity contribution in [3.63, 3.8) is 0 Å². The molecule has 0 bridgehead atoms. The molecule has 0 aliphatic rings. The van der Waals surface area contributed by atoms with Crippen LogP contribution < -0.4 is 10.1 Å². The minimum atomic E-state index is -0.324. The standard InChI is InChI=1S/C19H15ClN2O3S/c1-12(23)14-3-2-4-16(9-14)25-10-18(24)22-19-21-17(11-26-19)13-5-7-15(20)8-6-13/h2-9,11H,10H2,1H3,(H,21,22,24). The van der Waals surface area contributed by atoms with Crippen LogP contribution in [0, 0.1) is 0 Å². The first-order valence-electron chi connectivity index (χ1n) is 7.76. The van der Waals surface area contributed by atoms with Crippen LogP contribution in [0.25, 0.3) is 11.3 Å². The van der Waals surface area contributed by atoms with E-state index in [0.717, 1.165) is 11.3 Å². The summed E-state index contributed by atoms with van der Waals surface area (Å²) in [6, 6.07) is 14.0. The highest BCUT2D eigenvalue weighted by atomic mass is 35.5. The number of nitrogens with zero attached hydrogens (tertiary/aromatic N) is 1. The van der Waals surface area contributed by atoms with E-state index >= 15 is 0 Å². The third-order valence-electron chi connectivity index (χ3n) is 3.50. The number of halogens is 1. The molecule has 0 fully saturated rings. The molecule has 0 radical (unpaired) electrons. The van der Waals surface area contributed by atoms with Crippen LogP contribution in [-0.2, 0) is 4.79 Å². The number of Topliss-reactive ketones (excluding diaryl/α,β-unsaturated/α-hetero) is 1. The van der Waals surface area contributed by atoms with Crippen molar-refractivity contribution >= 4 is 39.8 Å². The van der Waals surface area contributed by atoms with Crippen molar-refractivity contribution in [2.75, 3.05) is 11.9 Å². The lowest BCUT2D eigenvalue weighted by molar-refractivity contribution is -0.118. The topological polar surface area (TPSA) is 68.3 Å². The number of thiazole rings is 1. The van der Waals surface area contributed by atoms with Crippen molar-refractivity contribution in [1.29, 1.82) is 0 Å². The molecule has 0 atom stereocenters. The van der Waals surface area contributed by atoms with Crippen LogP contribution in [0.5, 0.6) is 5.75 Å². The maximum absolute atomic E-state index is 12.0. The predicted molar refractivity (Wildman–Crippen MR) is 103 cm³/mol. The zero-order chi connectivity index (χ0) is 18.5. The minimum absolute atomic E-state index is 0.0579. The molecule has 0 saturated heterocycles. The van der Waals surface area contributed by atoms with E-state index < -0.39 is 0 Å². The zero-order valence-electron chi connectivity index (χ0n) is 13.9. The summed E-state index contributed by atoms with van der Waals surface area (Å²) in [6.07, 6.45) is 0. The van der Waals surface area contributed by atoms with Crippen molar-refractivity contribution in [3.05, 3.63) is 64.5 Å². The highest BCUT2D eigenvalue weighted by molar-refractivity contribution is 7.14. The van der Waals surface area contributed by atoms with Crippen molar-refractivity contribution in [3.8, 4) is 17.0 Å². The fraction of sp³-hybridized carbons (Fsp3) is 0.105. The molecule has 1 amide bonds. The lowest BCUT2D eigenvalue weighted by atomic mass is 10.1. The van der Waals surface area contributed by atoms with Crippen LogP contribution in [0.3, 0.4) is 0 Å². The number of ether oxygens (including phenoxy) is 1. The van der Waals surface area contributed by atoms with E-state index in [0.29, 0.717) is 21.5 Å². The van der Waals surface area contributed by atoms with Crippen LogP contribution >= 0.6 is 22.9 Å². The Labute approximate surface area is 159 Å². The van der Waals surface area contributed by atoms with E-state index in [1.54, 1.807) is 36.4 Å². The molecule has 2 aromatic carbocycles. The summed E-state index contributed by atoms with van der Waals surface area (Å²) < 4.78 is 5.43. The largest absolute Gasteiger partial charge is 0.484 e. The number of ketones is 1. The third-order valence-corrected chi connectivity index (χ3v) is 4.51. The number of benzene rings is 2. The molecular formula is C19H15ClN2O3S. The quantitative estimate of drug-likeness (QED) is 0.624. The van der Waals surface area contributed by atoms with E-state index in [1.165, 1.54) is 18.3 Å². The maximum Gasteiger partial charge on any atom is 0.264 e. The Morgan fingerprint density at radius 1 is 1.19 bits per heavy atom. The maximum atomic E-state index is 12.0. The molecule has 1 N–H and O–H groups in total. The molecule has 7 heteroatoms. The Kier molecular flexibility index (Phi) is 5.65. The molecule has 3 aromatic rings. The smallest absolute Gasteiger partial charge is 0.264 e. The summed E-state index contributed by atoms with van der Waals surface area (Å²) in [5.41, 5.74) is 2.22. The third kappa shape index (κ3) is 4.68. The first kappa shape index (κ1) is 18.1. The number of carbonyl (C=O) groups is 2. The van der Waals surface area contributed by atoms with Gasteiger partial charge in [-0.15, -0.1) is 11.3 Å². The number of carbonyl (C=O) groups excluding carboxylic acids is 2. The molecular weight excluding hydrogens is 372 g/mol. The Balaban J connectivity index is 1.58. The van der Waals surface area contributed by atoms with Gasteiger partial charge in [-0.1, -0.05) is 35.9 Å². The van der Waals surface area contributed by atoms with Crippen molar-refractivity contribution < 1.29 is 14.3 Å². The van der Waals surface area contributed by atoms with E-state index in [1.807, 2.05) is 17.5 Å².